The van der Waals surface area contributed by atoms with E-state index >= 15 is 0 Å². The number of rotatable bonds is 16. The number of fused-ring (bicyclic) bond motifs is 4. The first kappa shape index (κ1) is 50.8. The van der Waals surface area contributed by atoms with Crippen molar-refractivity contribution in [3.05, 3.63) is 241 Å². The SMILES string of the molecule is O=S(=O)(O)c1cc(NC2(Oc3ccc4ccccc4c3)N=CC=C(Oc3ccc4ccccc4c3)N2)ccc1C=Cc1ccc(NC2(Oc3ccc4ccccc4c3)N=CC=C(Oc3ccc4ccccc4c3)N2)cc1S(=O)(=O)O. The molecular formula is C62H46N6O10S2. The van der Waals surface area contributed by atoms with Gasteiger partial charge in [-0.05, 0) is 127 Å². The number of anilines is 2. The van der Waals surface area contributed by atoms with E-state index < -0.39 is 42.0 Å². The molecule has 80 heavy (non-hydrogen) atoms. The number of nitrogens with one attached hydrogen (secondary N) is 4. The van der Waals surface area contributed by atoms with Crippen LogP contribution in [0.5, 0.6) is 23.0 Å². The predicted molar refractivity (Wildman–Crippen MR) is 312 cm³/mol. The number of aliphatic imine (C=N–C) groups is 2. The highest BCUT2D eigenvalue weighted by molar-refractivity contribution is 7.86. The molecule has 10 aromatic carbocycles. The molecule has 0 saturated carbocycles. The van der Waals surface area contributed by atoms with Crippen LogP contribution >= 0.6 is 0 Å². The summed E-state index contributed by atoms with van der Waals surface area (Å²) < 4.78 is 100. The van der Waals surface area contributed by atoms with Crippen LogP contribution < -0.4 is 40.2 Å². The van der Waals surface area contributed by atoms with Crippen LogP contribution in [0.4, 0.5) is 11.4 Å². The molecule has 0 bridgehead atoms. The van der Waals surface area contributed by atoms with E-state index in [1.807, 2.05) is 158 Å². The molecule has 6 N–H and O–H groups in total. The molecule has 396 valence electrons. The van der Waals surface area contributed by atoms with E-state index in [-0.39, 0.29) is 34.3 Å². The lowest BCUT2D eigenvalue weighted by atomic mass is 10.1. The summed E-state index contributed by atoms with van der Waals surface area (Å²) in [7, 11) is -9.94. The first-order chi connectivity index (χ1) is 38.7. The largest absolute Gasteiger partial charge is 0.441 e. The molecule has 0 amide bonds. The molecular weight excluding hydrogens is 1050 g/mol. The third kappa shape index (κ3) is 11.2. The number of nitrogens with zero attached hydrogens (tertiary/aromatic N) is 2. The first-order valence-electron chi connectivity index (χ1n) is 24.9. The van der Waals surface area contributed by atoms with Gasteiger partial charge in [0.2, 0.25) is 11.8 Å². The molecule has 10 aromatic rings. The van der Waals surface area contributed by atoms with Crippen molar-refractivity contribution in [3.63, 3.8) is 0 Å². The third-order valence-corrected chi connectivity index (χ3v) is 14.9. The molecule has 0 fully saturated rings. The summed E-state index contributed by atoms with van der Waals surface area (Å²) in [5.74, 6) is -1.42. The Balaban J connectivity index is 0.839. The second-order valence-corrected chi connectivity index (χ2v) is 21.4. The van der Waals surface area contributed by atoms with Crippen LogP contribution in [0.1, 0.15) is 11.1 Å². The van der Waals surface area contributed by atoms with E-state index in [0.717, 1.165) is 43.1 Å². The van der Waals surface area contributed by atoms with Gasteiger partial charge in [-0.15, -0.1) is 0 Å². The highest BCUT2D eigenvalue weighted by atomic mass is 32.2. The fraction of sp³-hybridized carbons (Fsp3) is 0.0323. The van der Waals surface area contributed by atoms with Gasteiger partial charge in [-0.25, -0.2) is 9.98 Å². The molecule has 0 aliphatic carbocycles. The van der Waals surface area contributed by atoms with Crippen LogP contribution in [0, 0.1) is 0 Å². The molecule has 12 rings (SSSR count). The smallest absolute Gasteiger partial charge is 0.369 e. The summed E-state index contributed by atoms with van der Waals surface area (Å²) in [6, 6.07) is 61.6. The van der Waals surface area contributed by atoms with Gasteiger partial charge in [-0.3, -0.25) is 19.7 Å². The summed E-state index contributed by atoms with van der Waals surface area (Å²) in [6.07, 6.45) is 8.74. The summed E-state index contributed by atoms with van der Waals surface area (Å²) >= 11 is 0. The van der Waals surface area contributed by atoms with E-state index in [4.69, 9.17) is 18.9 Å². The quantitative estimate of drug-likeness (QED) is 0.0301. The summed E-state index contributed by atoms with van der Waals surface area (Å²) in [6.45, 7) is 0. The van der Waals surface area contributed by atoms with E-state index in [9.17, 15) is 25.9 Å². The average Bonchev–Trinajstić information content (AvgIpc) is 3.46. The van der Waals surface area contributed by atoms with Crippen molar-refractivity contribution in [2.24, 2.45) is 9.98 Å². The topological polar surface area (TPSA) is 218 Å². The number of benzene rings is 10. The zero-order chi connectivity index (χ0) is 54.9. The van der Waals surface area contributed by atoms with Gasteiger partial charge >= 0.3 is 11.9 Å². The number of hydrogen-bond donors (Lipinski definition) is 6. The minimum atomic E-state index is -4.97. The zero-order valence-electron chi connectivity index (χ0n) is 42.0. The van der Waals surface area contributed by atoms with Gasteiger partial charge in [0, 0.05) is 36.0 Å². The van der Waals surface area contributed by atoms with Crippen molar-refractivity contribution in [1.29, 1.82) is 0 Å². The molecule has 0 saturated heterocycles. The summed E-state index contributed by atoms with van der Waals surface area (Å²) in [5.41, 5.74) is 0.169. The van der Waals surface area contributed by atoms with Gasteiger partial charge in [-0.2, -0.15) is 16.8 Å². The van der Waals surface area contributed by atoms with E-state index in [1.54, 1.807) is 24.3 Å². The Kier molecular flexibility index (Phi) is 13.2. The van der Waals surface area contributed by atoms with E-state index in [0.29, 0.717) is 23.0 Å². The van der Waals surface area contributed by atoms with Gasteiger partial charge in [0.25, 0.3) is 20.2 Å². The molecule has 16 nitrogen and oxygen atoms in total. The Morgan fingerprint density at radius 3 is 1.07 bits per heavy atom. The van der Waals surface area contributed by atoms with Crippen LogP contribution in [0.3, 0.4) is 0 Å². The Labute approximate surface area is 459 Å². The molecule has 2 heterocycles. The maximum atomic E-state index is 13.2. The highest BCUT2D eigenvalue weighted by Gasteiger charge is 2.38. The van der Waals surface area contributed by atoms with Gasteiger partial charge in [-0.1, -0.05) is 146 Å². The lowest BCUT2D eigenvalue weighted by Gasteiger charge is -2.35. The fourth-order valence-electron chi connectivity index (χ4n) is 9.34. The molecule has 0 spiro atoms. The number of hydrogen-bond acceptors (Lipinski definition) is 14. The lowest BCUT2D eigenvalue weighted by molar-refractivity contribution is 0.0664. The fourth-order valence-corrected chi connectivity index (χ4v) is 10.8. The van der Waals surface area contributed by atoms with Crippen LogP contribution in [0.2, 0.25) is 0 Å². The Bertz CT molecular complexity index is 4210. The van der Waals surface area contributed by atoms with Crippen molar-refractivity contribution >= 4 is 99.3 Å². The Morgan fingerprint density at radius 2 is 0.725 bits per heavy atom. The molecule has 0 aromatic heterocycles. The predicted octanol–water partition coefficient (Wildman–Crippen LogP) is 12.4. The van der Waals surface area contributed by atoms with E-state index in [1.165, 1.54) is 61.0 Å². The summed E-state index contributed by atoms with van der Waals surface area (Å²) in [4.78, 5) is 8.17. The molecule has 0 radical (unpaired) electrons. The standard InChI is InChI=1S/C62H46N6O10S2/c69-79(70,71)57-39-51(65-61(77-55-29-23-43-11-3-7-15-49(43)37-55)63-33-31-59(67-61)75-53-27-21-41-9-1-5-13-47(41)35-53)25-19-45(57)17-18-46-20-26-52(40-58(46)80(72,73)74)66-62(78-56-30-24-44-12-4-8-16-50(44)38-56)64-34-32-60(68-62)76-54-28-22-42-10-2-6-14-48(42)36-54/h1-40,65-68H,(H,69,70,71)(H,72,73,74). The average molecular weight is 1100 g/mol. The molecule has 2 aliphatic heterocycles. The molecule has 2 unspecified atom stereocenters. The lowest BCUT2D eigenvalue weighted by Crippen LogP contribution is -2.56. The second kappa shape index (κ2) is 20.8. The van der Waals surface area contributed by atoms with Crippen molar-refractivity contribution in [3.8, 4) is 23.0 Å². The Morgan fingerprint density at radius 1 is 0.400 bits per heavy atom. The van der Waals surface area contributed by atoms with Crippen LogP contribution in [0.25, 0.3) is 55.2 Å². The highest BCUT2D eigenvalue weighted by Crippen LogP contribution is 2.34. The van der Waals surface area contributed by atoms with Gasteiger partial charge in [0.05, 0.1) is 0 Å². The maximum absolute atomic E-state index is 13.2. The zero-order valence-corrected chi connectivity index (χ0v) is 43.6. The normalized spacial score (nSPS) is 17.1. The first-order valence-corrected chi connectivity index (χ1v) is 27.8. The summed E-state index contributed by atoms with van der Waals surface area (Å²) in [5, 5.41) is 20.4. The van der Waals surface area contributed by atoms with Crippen LogP contribution in [-0.2, 0) is 20.2 Å². The second-order valence-electron chi connectivity index (χ2n) is 18.6. The van der Waals surface area contributed by atoms with E-state index in [2.05, 4.69) is 31.3 Å². The van der Waals surface area contributed by atoms with Crippen molar-refractivity contribution in [2.45, 2.75) is 21.7 Å². The van der Waals surface area contributed by atoms with Crippen LogP contribution in [-0.4, -0.2) is 50.3 Å². The third-order valence-electron chi connectivity index (χ3n) is 13.1. The minimum absolute atomic E-state index is 0.0411. The molecule has 2 aliphatic rings. The Hall–Kier alpha value is -9.98. The van der Waals surface area contributed by atoms with Crippen molar-refractivity contribution in [2.75, 3.05) is 10.6 Å². The number of allylic oxidation sites excluding steroid dienone is 2. The minimum Gasteiger partial charge on any atom is -0.441 e. The van der Waals surface area contributed by atoms with Crippen molar-refractivity contribution in [1.82, 2.24) is 10.6 Å². The molecule has 2 atom stereocenters. The van der Waals surface area contributed by atoms with Gasteiger partial charge < -0.3 is 29.6 Å². The van der Waals surface area contributed by atoms with Gasteiger partial charge in [0.1, 0.15) is 32.8 Å². The van der Waals surface area contributed by atoms with Crippen LogP contribution in [0.15, 0.2) is 250 Å². The maximum Gasteiger partial charge on any atom is 0.369 e. The molecule has 18 heteroatoms. The van der Waals surface area contributed by atoms with Crippen molar-refractivity contribution < 1.29 is 44.9 Å². The monoisotopic (exact) mass is 1100 g/mol. The number of ether oxygens (including phenoxy) is 4. The van der Waals surface area contributed by atoms with Gasteiger partial charge in [0.15, 0.2) is 0 Å².